The van der Waals surface area contributed by atoms with Gasteiger partial charge in [0.25, 0.3) is 0 Å². The summed E-state index contributed by atoms with van der Waals surface area (Å²) >= 11 is 0. The number of aliphatic hydroxyl groups is 1. The number of hydrogen-bond acceptors (Lipinski definition) is 3. The van der Waals surface area contributed by atoms with Gasteiger partial charge in [-0.3, -0.25) is 4.99 Å². The Morgan fingerprint density at radius 1 is 1.29 bits per heavy atom. The highest BCUT2D eigenvalue weighted by Crippen LogP contribution is 2.19. The second-order valence-corrected chi connectivity index (χ2v) is 6.39. The number of halogens is 1. The minimum absolute atomic E-state index is 0. The quantitative estimate of drug-likeness (QED) is 0.307. The van der Waals surface area contributed by atoms with Gasteiger partial charge >= 0.3 is 0 Å². The highest BCUT2D eigenvalue weighted by molar-refractivity contribution is 14.0. The lowest BCUT2D eigenvalue weighted by Gasteiger charge is -2.16. The van der Waals surface area contributed by atoms with Crippen LogP contribution in [0.15, 0.2) is 29.3 Å². The molecule has 2 unspecified atom stereocenters. The van der Waals surface area contributed by atoms with E-state index in [1.165, 1.54) is 12.8 Å². The predicted octanol–water partition coefficient (Wildman–Crippen LogP) is 3.47. The molecule has 24 heavy (non-hydrogen) atoms. The molecule has 2 atom stereocenters. The molecule has 138 valence electrons. The van der Waals surface area contributed by atoms with Crippen LogP contribution in [0, 0.1) is 5.92 Å². The Labute approximate surface area is 163 Å². The van der Waals surface area contributed by atoms with E-state index >= 15 is 0 Å². The van der Waals surface area contributed by atoms with Gasteiger partial charge < -0.3 is 20.9 Å². The summed E-state index contributed by atoms with van der Waals surface area (Å²) < 4.78 is 5.15. The summed E-state index contributed by atoms with van der Waals surface area (Å²) in [7, 11) is 1.60. The molecule has 0 amide bonds. The molecule has 0 heterocycles. The molecule has 0 saturated heterocycles. The number of ether oxygens (including phenoxy) is 1. The van der Waals surface area contributed by atoms with Gasteiger partial charge in [0.05, 0.1) is 19.8 Å². The van der Waals surface area contributed by atoms with E-state index in [0.717, 1.165) is 23.7 Å². The largest absolute Gasteiger partial charge is 0.497 e. The highest BCUT2D eigenvalue weighted by atomic mass is 127. The molecule has 0 aliphatic carbocycles. The van der Waals surface area contributed by atoms with E-state index in [2.05, 4.69) is 31.1 Å². The SMILES string of the molecule is COc1cccc(C(O)CN=C(N)NC(C)CCCC(C)C)c1.I. The van der Waals surface area contributed by atoms with E-state index in [1.807, 2.05) is 18.2 Å². The van der Waals surface area contributed by atoms with E-state index < -0.39 is 6.10 Å². The first kappa shape index (κ1) is 23.0. The van der Waals surface area contributed by atoms with Crippen LogP contribution in [0.1, 0.15) is 51.7 Å². The van der Waals surface area contributed by atoms with Crippen molar-refractivity contribution in [2.45, 2.75) is 52.2 Å². The molecule has 4 N–H and O–H groups in total. The average Bonchev–Trinajstić information content (AvgIpc) is 2.52. The van der Waals surface area contributed by atoms with Crippen LogP contribution in [0.3, 0.4) is 0 Å². The smallest absolute Gasteiger partial charge is 0.188 e. The molecular weight excluding hydrogens is 417 g/mol. The van der Waals surface area contributed by atoms with Crippen LogP contribution in [0.4, 0.5) is 0 Å². The number of rotatable bonds is 9. The van der Waals surface area contributed by atoms with E-state index in [1.54, 1.807) is 13.2 Å². The van der Waals surface area contributed by atoms with Gasteiger partial charge in [-0.15, -0.1) is 24.0 Å². The Kier molecular flexibility index (Phi) is 11.8. The Hall–Kier alpha value is -1.02. The van der Waals surface area contributed by atoms with Crippen LogP contribution in [-0.2, 0) is 0 Å². The molecule has 5 nitrogen and oxygen atoms in total. The lowest BCUT2D eigenvalue weighted by Crippen LogP contribution is -2.38. The van der Waals surface area contributed by atoms with Crippen molar-refractivity contribution in [2.75, 3.05) is 13.7 Å². The topological polar surface area (TPSA) is 79.9 Å². The number of nitrogens with one attached hydrogen (secondary N) is 1. The fourth-order valence-corrected chi connectivity index (χ4v) is 2.34. The summed E-state index contributed by atoms with van der Waals surface area (Å²) in [5.74, 6) is 1.82. The van der Waals surface area contributed by atoms with Crippen molar-refractivity contribution < 1.29 is 9.84 Å². The minimum atomic E-state index is -0.693. The summed E-state index contributed by atoms with van der Waals surface area (Å²) in [5.41, 5.74) is 6.66. The third kappa shape index (κ3) is 9.32. The first-order valence-corrected chi connectivity index (χ1v) is 8.30. The molecule has 0 saturated carbocycles. The molecule has 1 aromatic rings. The molecule has 0 bridgehead atoms. The lowest BCUT2D eigenvalue weighted by atomic mass is 10.0. The second kappa shape index (κ2) is 12.4. The summed E-state index contributed by atoms with van der Waals surface area (Å²) in [6, 6.07) is 7.62. The maximum atomic E-state index is 10.2. The molecule has 0 aromatic heterocycles. The number of aliphatic hydroxyl groups excluding tert-OH is 1. The van der Waals surface area contributed by atoms with Crippen molar-refractivity contribution in [3.05, 3.63) is 29.8 Å². The molecule has 0 fully saturated rings. The maximum absolute atomic E-state index is 10.2. The summed E-state index contributed by atoms with van der Waals surface area (Å²) in [5, 5.41) is 13.4. The number of benzene rings is 1. The van der Waals surface area contributed by atoms with E-state index in [0.29, 0.717) is 5.96 Å². The number of nitrogens with two attached hydrogens (primary N) is 1. The predicted molar refractivity (Wildman–Crippen MR) is 111 cm³/mol. The lowest BCUT2D eigenvalue weighted by molar-refractivity contribution is 0.186. The summed E-state index contributed by atoms with van der Waals surface area (Å²) in [6.45, 7) is 6.79. The van der Waals surface area contributed by atoms with Gasteiger partial charge in [0.2, 0.25) is 0 Å². The van der Waals surface area contributed by atoms with Crippen LogP contribution >= 0.6 is 24.0 Å². The molecule has 1 rings (SSSR count). The molecule has 0 aliphatic heterocycles. The van der Waals surface area contributed by atoms with Crippen molar-refractivity contribution in [3.63, 3.8) is 0 Å². The molecule has 0 spiro atoms. The highest BCUT2D eigenvalue weighted by Gasteiger charge is 2.09. The molecule has 0 radical (unpaired) electrons. The van der Waals surface area contributed by atoms with Gasteiger partial charge in [-0.1, -0.05) is 38.8 Å². The molecule has 0 aliphatic rings. The van der Waals surface area contributed by atoms with Crippen LogP contribution in [0.25, 0.3) is 0 Å². The van der Waals surface area contributed by atoms with Crippen molar-refractivity contribution in [2.24, 2.45) is 16.6 Å². The number of hydrogen-bond donors (Lipinski definition) is 3. The normalized spacial score (nSPS) is 14.0. The second-order valence-electron chi connectivity index (χ2n) is 6.39. The van der Waals surface area contributed by atoms with E-state index in [9.17, 15) is 5.11 Å². The number of aliphatic imine (C=N–C) groups is 1. The van der Waals surface area contributed by atoms with Gasteiger partial charge in [-0.2, -0.15) is 0 Å². The Balaban J connectivity index is 0.00000529. The average molecular weight is 449 g/mol. The van der Waals surface area contributed by atoms with Crippen molar-refractivity contribution in [3.8, 4) is 5.75 Å². The zero-order chi connectivity index (χ0) is 17.2. The van der Waals surface area contributed by atoms with Crippen molar-refractivity contribution in [1.29, 1.82) is 0 Å². The van der Waals surface area contributed by atoms with Gasteiger partial charge in [0.1, 0.15) is 5.75 Å². The van der Waals surface area contributed by atoms with Crippen molar-refractivity contribution in [1.82, 2.24) is 5.32 Å². The molecule has 6 heteroatoms. The third-order valence-electron chi connectivity index (χ3n) is 3.73. The number of guanidine groups is 1. The fourth-order valence-electron chi connectivity index (χ4n) is 2.34. The van der Waals surface area contributed by atoms with Gasteiger partial charge in [-0.05, 0) is 37.0 Å². The molecule has 1 aromatic carbocycles. The van der Waals surface area contributed by atoms with E-state index in [4.69, 9.17) is 10.5 Å². The first-order chi connectivity index (χ1) is 10.9. The van der Waals surface area contributed by atoms with Crippen LogP contribution in [0.2, 0.25) is 0 Å². The zero-order valence-electron chi connectivity index (χ0n) is 15.2. The van der Waals surface area contributed by atoms with Crippen LogP contribution < -0.4 is 15.8 Å². The van der Waals surface area contributed by atoms with E-state index in [-0.39, 0.29) is 36.6 Å². The molecular formula is C18H32IN3O2. The van der Waals surface area contributed by atoms with Gasteiger partial charge in [0.15, 0.2) is 5.96 Å². The third-order valence-corrected chi connectivity index (χ3v) is 3.73. The van der Waals surface area contributed by atoms with Gasteiger partial charge in [0, 0.05) is 6.04 Å². The first-order valence-electron chi connectivity index (χ1n) is 8.30. The maximum Gasteiger partial charge on any atom is 0.188 e. The number of nitrogens with zero attached hydrogens (tertiary/aromatic N) is 1. The fraction of sp³-hybridized carbons (Fsp3) is 0.611. The standard InChI is InChI=1S/C18H31N3O2.HI/c1-13(2)7-5-8-14(3)21-18(19)20-12-17(22)15-9-6-10-16(11-15)23-4;/h6,9-11,13-14,17,22H,5,7-8,12H2,1-4H3,(H3,19,20,21);1H. The Morgan fingerprint density at radius 2 is 2.00 bits per heavy atom. The Morgan fingerprint density at radius 3 is 2.62 bits per heavy atom. The monoisotopic (exact) mass is 449 g/mol. The van der Waals surface area contributed by atoms with Crippen LogP contribution in [-0.4, -0.2) is 30.8 Å². The summed E-state index contributed by atoms with van der Waals surface area (Å²) in [4.78, 5) is 4.23. The zero-order valence-corrected chi connectivity index (χ0v) is 17.5. The minimum Gasteiger partial charge on any atom is -0.497 e. The van der Waals surface area contributed by atoms with Gasteiger partial charge in [-0.25, -0.2) is 0 Å². The van der Waals surface area contributed by atoms with Crippen LogP contribution in [0.5, 0.6) is 5.75 Å². The Bertz CT molecular complexity index is 495. The number of methoxy groups -OCH3 is 1. The van der Waals surface area contributed by atoms with Crippen molar-refractivity contribution >= 4 is 29.9 Å². The summed E-state index contributed by atoms with van der Waals surface area (Å²) in [6.07, 6.45) is 2.76.